The molecule has 39 heavy (non-hydrogen) atoms. The van der Waals surface area contributed by atoms with Gasteiger partial charge in [0.2, 0.25) is 0 Å². The van der Waals surface area contributed by atoms with Crippen LogP contribution in [0.3, 0.4) is 0 Å². The second-order valence-corrected chi connectivity index (χ2v) is 10.3. The van der Waals surface area contributed by atoms with Crippen molar-refractivity contribution in [1.29, 1.82) is 0 Å². The van der Waals surface area contributed by atoms with Gasteiger partial charge in [-0.3, -0.25) is 4.79 Å². The topological polar surface area (TPSA) is 137 Å². The molecule has 0 unspecified atom stereocenters. The molecule has 11 nitrogen and oxygen atoms in total. The summed E-state index contributed by atoms with van der Waals surface area (Å²) in [5.41, 5.74) is 4.42. The van der Waals surface area contributed by atoms with Gasteiger partial charge in [0.1, 0.15) is 12.4 Å². The van der Waals surface area contributed by atoms with Gasteiger partial charge in [0.25, 0.3) is 5.91 Å². The van der Waals surface area contributed by atoms with Gasteiger partial charge in [0.05, 0.1) is 39.2 Å². The fourth-order valence-electron chi connectivity index (χ4n) is 3.60. The van der Waals surface area contributed by atoms with Crippen molar-refractivity contribution in [3.05, 3.63) is 72.5 Å². The summed E-state index contributed by atoms with van der Waals surface area (Å²) in [6, 6.07) is 7.40. The number of ether oxygens (including phenoxy) is 4. The summed E-state index contributed by atoms with van der Waals surface area (Å²) in [7, 11) is 2.70. The molecule has 0 saturated heterocycles. The lowest BCUT2D eigenvalue weighted by atomic mass is 9.95. The first-order valence-corrected chi connectivity index (χ1v) is 13.6. The zero-order chi connectivity index (χ0) is 28.5. The molecule has 0 spiro atoms. The van der Waals surface area contributed by atoms with Crippen molar-refractivity contribution in [2.45, 2.75) is 13.0 Å². The molecule has 3 rings (SSSR count). The molecule has 206 valence electrons. The number of nitrogens with zero attached hydrogens (tertiary/aromatic N) is 1. The molecule has 0 radical (unpaired) electrons. The van der Waals surface area contributed by atoms with Gasteiger partial charge in [-0.15, -0.1) is 0 Å². The summed E-state index contributed by atoms with van der Waals surface area (Å²) >= 11 is 4.35. The summed E-state index contributed by atoms with van der Waals surface area (Å²) in [4.78, 5) is 36.7. The maximum absolute atomic E-state index is 12.3. The van der Waals surface area contributed by atoms with Gasteiger partial charge in [-0.1, -0.05) is 18.7 Å². The quantitative estimate of drug-likeness (QED) is 0.104. The zero-order valence-electron chi connectivity index (χ0n) is 21.3. The Hall–Kier alpha value is -3.34. The van der Waals surface area contributed by atoms with E-state index >= 15 is 0 Å². The Balaban J connectivity index is 1.65. The highest BCUT2D eigenvalue weighted by Crippen LogP contribution is 2.34. The van der Waals surface area contributed by atoms with Crippen LogP contribution in [0.25, 0.3) is 0 Å². The number of allylic oxidation sites excluding steroid dienone is 1. The summed E-state index contributed by atoms with van der Waals surface area (Å²) in [5.74, 6) is 0.301. The Morgan fingerprint density at radius 1 is 1.13 bits per heavy atom. The molecule has 3 N–H and O–H groups in total. The Bertz CT molecular complexity index is 1320. The van der Waals surface area contributed by atoms with E-state index in [0.717, 1.165) is 18.5 Å². The first-order valence-electron chi connectivity index (χ1n) is 11.4. The zero-order valence-corrected chi connectivity index (χ0v) is 25.6. The van der Waals surface area contributed by atoms with Crippen molar-refractivity contribution >= 4 is 69.3 Å². The van der Waals surface area contributed by atoms with E-state index in [1.165, 1.54) is 20.4 Å². The highest BCUT2D eigenvalue weighted by molar-refractivity contribution is 14.1. The number of amides is 3. The van der Waals surface area contributed by atoms with E-state index < -0.39 is 23.9 Å². The molecule has 2 aromatic carbocycles. The van der Waals surface area contributed by atoms with E-state index in [9.17, 15) is 14.4 Å². The Labute approximate surface area is 252 Å². The van der Waals surface area contributed by atoms with Gasteiger partial charge in [0, 0.05) is 5.70 Å². The summed E-state index contributed by atoms with van der Waals surface area (Å²) in [6.45, 7) is 5.35. The molecule has 0 fully saturated rings. The molecule has 1 atom stereocenters. The molecule has 0 bridgehead atoms. The van der Waals surface area contributed by atoms with Crippen LogP contribution in [0, 0.1) is 7.14 Å². The number of esters is 1. The fraction of sp³-hybridized carbons (Fsp3) is 0.231. The first kappa shape index (κ1) is 30.2. The van der Waals surface area contributed by atoms with Crippen LogP contribution in [0.2, 0.25) is 0 Å². The maximum atomic E-state index is 12.3. The van der Waals surface area contributed by atoms with Crippen molar-refractivity contribution in [2.24, 2.45) is 5.10 Å². The Morgan fingerprint density at radius 3 is 2.49 bits per heavy atom. The molecule has 1 heterocycles. The van der Waals surface area contributed by atoms with Crippen LogP contribution >= 0.6 is 45.2 Å². The third-order valence-corrected chi connectivity index (χ3v) is 6.93. The third-order valence-electron chi connectivity index (χ3n) is 5.32. The molecule has 1 aliphatic heterocycles. The van der Waals surface area contributed by atoms with E-state index in [1.54, 1.807) is 31.2 Å². The predicted octanol–water partition coefficient (Wildman–Crippen LogP) is 3.80. The van der Waals surface area contributed by atoms with Crippen LogP contribution in [0.4, 0.5) is 4.79 Å². The van der Waals surface area contributed by atoms with Crippen molar-refractivity contribution in [1.82, 2.24) is 16.1 Å². The van der Waals surface area contributed by atoms with Crippen molar-refractivity contribution in [3.8, 4) is 17.2 Å². The lowest BCUT2D eigenvalue weighted by Gasteiger charge is -2.28. The average molecular weight is 760 g/mol. The summed E-state index contributed by atoms with van der Waals surface area (Å²) in [6.07, 6.45) is 3.20. The molecular weight excluding hydrogens is 734 g/mol. The normalized spacial score (nSPS) is 14.8. The number of carbonyl (C=O) groups is 3. The molecular formula is C26H26I2N4O7. The van der Waals surface area contributed by atoms with Gasteiger partial charge in [0.15, 0.2) is 18.1 Å². The number of hydrogen-bond donors (Lipinski definition) is 3. The number of methoxy groups -OCH3 is 2. The van der Waals surface area contributed by atoms with Crippen LogP contribution in [-0.2, 0) is 14.3 Å². The van der Waals surface area contributed by atoms with E-state index in [2.05, 4.69) is 72.9 Å². The lowest BCUT2D eigenvalue weighted by Crippen LogP contribution is -2.45. The van der Waals surface area contributed by atoms with Crippen LogP contribution < -0.4 is 30.3 Å². The highest BCUT2D eigenvalue weighted by atomic mass is 127. The minimum atomic E-state index is -0.763. The van der Waals surface area contributed by atoms with E-state index in [1.807, 2.05) is 12.1 Å². The summed E-state index contributed by atoms with van der Waals surface area (Å²) < 4.78 is 23.4. The standard InChI is InChI=1S/C26H26I2N4O7/c1-5-8-38-24-17(27)9-15(10-18(24)28)12-29-32-21(33)13-39-19-7-6-16(11-20(19)36-3)23-22(25(34)37-4)14(2)30-26(35)31-23/h5-7,9-12,23H,1,8,13H2,2-4H3,(H,32,33)(H2,30,31,35)/b29-12-/t23-/m1/s1. The number of rotatable bonds is 11. The van der Waals surface area contributed by atoms with Crippen molar-refractivity contribution in [3.63, 3.8) is 0 Å². The largest absolute Gasteiger partial charge is 0.493 e. The second kappa shape index (κ2) is 14.2. The molecule has 0 saturated carbocycles. The van der Waals surface area contributed by atoms with E-state index in [0.29, 0.717) is 29.4 Å². The van der Waals surface area contributed by atoms with Gasteiger partial charge < -0.3 is 29.6 Å². The van der Waals surface area contributed by atoms with E-state index in [4.69, 9.17) is 18.9 Å². The Morgan fingerprint density at radius 2 is 1.85 bits per heavy atom. The van der Waals surface area contributed by atoms with Crippen LogP contribution in [0.1, 0.15) is 24.1 Å². The smallest absolute Gasteiger partial charge is 0.337 e. The van der Waals surface area contributed by atoms with Crippen LogP contribution in [0.5, 0.6) is 17.2 Å². The van der Waals surface area contributed by atoms with Crippen LogP contribution in [0.15, 0.2) is 59.4 Å². The molecule has 2 aromatic rings. The minimum Gasteiger partial charge on any atom is -0.493 e. The molecule has 1 aliphatic rings. The van der Waals surface area contributed by atoms with Gasteiger partial charge in [-0.05, 0) is 87.5 Å². The molecule has 0 aromatic heterocycles. The van der Waals surface area contributed by atoms with Crippen molar-refractivity contribution in [2.75, 3.05) is 27.4 Å². The first-order chi connectivity index (χ1) is 18.7. The van der Waals surface area contributed by atoms with Gasteiger partial charge in [-0.25, -0.2) is 15.0 Å². The number of carbonyl (C=O) groups excluding carboxylic acids is 3. The SMILES string of the molecule is C=CCOc1c(I)cc(/C=N\NC(=O)COc2ccc([C@H]3NC(=O)NC(C)=C3C(=O)OC)cc2OC)cc1I. The van der Waals surface area contributed by atoms with Gasteiger partial charge in [-0.2, -0.15) is 5.10 Å². The third kappa shape index (κ3) is 7.84. The number of nitrogens with one attached hydrogen (secondary N) is 3. The number of halogens is 2. The molecule has 13 heteroatoms. The highest BCUT2D eigenvalue weighted by Gasteiger charge is 2.32. The number of hydrazone groups is 1. The number of benzene rings is 2. The molecule has 3 amide bonds. The maximum Gasteiger partial charge on any atom is 0.337 e. The van der Waals surface area contributed by atoms with Crippen LogP contribution in [-0.4, -0.2) is 51.6 Å². The second-order valence-electron chi connectivity index (χ2n) is 7.97. The number of urea groups is 1. The monoisotopic (exact) mass is 760 g/mol. The lowest BCUT2D eigenvalue weighted by molar-refractivity contribution is -0.136. The minimum absolute atomic E-state index is 0.258. The fourth-order valence-corrected chi connectivity index (χ4v) is 5.72. The molecule has 0 aliphatic carbocycles. The predicted molar refractivity (Wildman–Crippen MR) is 161 cm³/mol. The summed E-state index contributed by atoms with van der Waals surface area (Å²) in [5, 5.41) is 9.27. The Kier molecular flexibility index (Phi) is 11.0. The van der Waals surface area contributed by atoms with Crippen molar-refractivity contribution < 1.29 is 33.3 Å². The average Bonchev–Trinajstić information content (AvgIpc) is 2.90. The van der Waals surface area contributed by atoms with E-state index in [-0.39, 0.29) is 12.2 Å². The number of hydrogen-bond acceptors (Lipinski definition) is 8. The van der Waals surface area contributed by atoms with Gasteiger partial charge >= 0.3 is 12.0 Å².